The number of hydrogen-bond donors (Lipinski definition) is 2. The van der Waals surface area contributed by atoms with Gasteiger partial charge in [0.1, 0.15) is 0 Å². The minimum atomic E-state index is -0.598. The van der Waals surface area contributed by atoms with Crippen molar-refractivity contribution in [1.82, 2.24) is 0 Å². The van der Waals surface area contributed by atoms with Gasteiger partial charge in [0.15, 0.2) is 0 Å². The van der Waals surface area contributed by atoms with Gasteiger partial charge in [-0.25, -0.2) is 0 Å². The van der Waals surface area contributed by atoms with Crippen molar-refractivity contribution < 1.29 is 19.7 Å². The first-order chi connectivity index (χ1) is 6.70. The number of carbonyl (C=O) groups excluding carboxylic acids is 1. The summed E-state index contributed by atoms with van der Waals surface area (Å²) in [5, 5.41) is 17.7. The SMILES string of the molecule is CCCCOC(=O)CCC(O)CCO. The van der Waals surface area contributed by atoms with Crippen LogP contribution >= 0.6 is 0 Å². The molecule has 0 saturated heterocycles. The second kappa shape index (κ2) is 8.97. The van der Waals surface area contributed by atoms with Gasteiger partial charge in [-0.15, -0.1) is 0 Å². The lowest BCUT2D eigenvalue weighted by Gasteiger charge is -2.08. The molecule has 0 amide bonds. The molecular weight excluding hydrogens is 184 g/mol. The molecule has 0 saturated carbocycles. The van der Waals surface area contributed by atoms with E-state index in [0.29, 0.717) is 19.4 Å². The highest BCUT2D eigenvalue weighted by molar-refractivity contribution is 5.69. The molecule has 0 aromatic heterocycles. The van der Waals surface area contributed by atoms with E-state index in [1.807, 2.05) is 6.92 Å². The number of aliphatic hydroxyl groups excluding tert-OH is 2. The Kier molecular flexibility index (Phi) is 8.57. The Morgan fingerprint density at radius 2 is 2.14 bits per heavy atom. The molecule has 0 aliphatic rings. The van der Waals surface area contributed by atoms with Crippen molar-refractivity contribution in [2.45, 2.75) is 45.1 Å². The predicted molar refractivity (Wildman–Crippen MR) is 52.8 cm³/mol. The fraction of sp³-hybridized carbons (Fsp3) is 0.900. The number of esters is 1. The van der Waals surface area contributed by atoms with Crippen LogP contribution in [0.3, 0.4) is 0 Å². The highest BCUT2D eigenvalue weighted by Crippen LogP contribution is 2.02. The zero-order valence-corrected chi connectivity index (χ0v) is 8.74. The Bertz CT molecular complexity index is 147. The average Bonchev–Trinajstić information content (AvgIpc) is 2.16. The molecule has 0 aromatic rings. The molecule has 0 radical (unpaired) electrons. The molecule has 0 bridgehead atoms. The Hall–Kier alpha value is -0.610. The summed E-state index contributed by atoms with van der Waals surface area (Å²) in [6.07, 6.45) is 2.20. The topological polar surface area (TPSA) is 66.8 Å². The van der Waals surface area contributed by atoms with Gasteiger partial charge < -0.3 is 14.9 Å². The standard InChI is InChI=1S/C10H20O4/c1-2-3-8-14-10(13)5-4-9(12)6-7-11/h9,11-12H,2-8H2,1H3. The monoisotopic (exact) mass is 204 g/mol. The number of ether oxygens (including phenoxy) is 1. The fourth-order valence-corrected chi connectivity index (χ4v) is 0.980. The summed E-state index contributed by atoms with van der Waals surface area (Å²) in [4.78, 5) is 11.0. The molecule has 0 aromatic carbocycles. The van der Waals surface area contributed by atoms with Gasteiger partial charge in [-0.1, -0.05) is 13.3 Å². The first kappa shape index (κ1) is 13.4. The van der Waals surface area contributed by atoms with Crippen molar-refractivity contribution >= 4 is 5.97 Å². The predicted octanol–water partition coefficient (Wildman–Crippen LogP) is 0.853. The zero-order chi connectivity index (χ0) is 10.8. The molecule has 0 rings (SSSR count). The van der Waals surface area contributed by atoms with Gasteiger partial charge >= 0.3 is 5.97 Å². The van der Waals surface area contributed by atoms with Gasteiger partial charge in [-0.3, -0.25) is 4.79 Å². The molecule has 1 atom stereocenters. The third-order valence-corrected chi connectivity index (χ3v) is 1.90. The van der Waals surface area contributed by atoms with E-state index >= 15 is 0 Å². The van der Waals surface area contributed by atoms with Crippen LogP contribution in [0.5, 0.6) is 0 Å². The van der Waals surface area contributed by atoms with Gasteiger partial charge in [0.25, 0.3) is 0 Å². The first-order valence-corrected chi connectivity index (χ1v) is 5.15. The molecule has 14 heavy (non-hydrogen) atoms. The third-order valence-electron chi connectivity index (χ3n) is 1.90. The molecule has 2 N–H and O–H groups in total. The summed E-state index contributed by atoms with van der Waals surface area (Å²) in [5.41, 5.74) is 0. The van der Waals surface area contributed by atoms with Crippen LogP contribution in [0.25, 0.3) is 0 Å². The largest absolute Gasteiger partial charge is 0.466 e. The molecule has 0 aliphatic heterocycles. The average molecular weight is 204 g/mol. The van der Waals surface area contributed by atoms with Crippen molar-refractivity contribution in [3.05, 3.63) is 0 Å². The maximum absolute atomic E-state index is 11.0. The van der Waals surface area contributed by atoms with Crippen molar-refractivity contribution in [3.8, 4) is 0 Å². The number of hydrogen-bond acceptors (Lipinski definition) is 4. The number of unbranched alkanes of at least 4 members (excludes halogenated alkanes) is 1. The minimum Gasteiger partial charge on any atom is -0.466 e. The highest BCUT2D eigenvalue weighted by Gasteiger charge is 2.08. The molecule has 4 heteroatoms. The first-order valence-electron chi connectivity index (χ1n) is 5.15. The van der Waals surface area contributed by atoms with Crippen molar-refractivity contribution in [2.24, 2.45) is 0 Å². The van der Waals surface area contributed by atoms with E-state index in [1.165, 1.54) is 0 Å². The van der Waals surface area contributed by atoms with E-state index < -0.39 is 6.10 Å². The lowest BCUT2D eigenvalue weighted by atomic mass is 10.1. The van der Waals surface area contributed by atoms with Gasteiger partial charge in [-0.05, 0) is 19.3 Å². The van der Waals surface area contributed by atoms with Crippen LogP contribution in [-0.2, 0) is 9.53 Å². The van der Waals surface area contributed by atoms with Gasteiger partial charge in [0, 0.05) is 13.0 Å². The van der Waals surface area contributed by atoms with Crippen molar-refractivity contribution in [2.75, 3.05) is 13.2 Å². The summed E-state index contributed by atoms with van der Waals surface area (Å²) < 4.78 is 4.90. The number of aliphatic hydroxyl groups is 2. The Labute approximate surface area is 84.9 Å². The maximum atomic E-state index is 11.0. The van der Waals surface area contributed by atoms with E-state index in [0.717, 1.165) is 12.8 Å². The van der Waals surface area contributed by atoms with Crippen molar-refractivity contribution in [1.29, 1.82) is 0 Å². The van der Waals surface area contributed by atoms with Crippen LogP contribution in [0.2, 0.25) is 0 Å². The Balaban J connectivity index is 3.34. The summed E-state index contributed by atoms with van der Waals surface area (Å²) in [6, 6.07) is 0. The second-order valence-corrected chi connectivity index (χ2v) is 3.28. The van der Waals surface area contributed by atoms with Gasteiger partial charge in [-0.2, -0.15) is 0 Å². The zero-order valence-electron chi connectivity index (χ0n) is 8.74. The Morgan fingerprint density at radius 1 is 1.43 bits per heavy atom. The summed E-state index contributed by atoms with van der Waals surface area (Å²) in [7, 11) is 0. The molecule has 1 unspecified atom stereocenters. The molecule has 0 spiro atoms. The lowest BCUT2D eigenvalue weighted by molar-refractivity contribution is -0.144. The fourth-order valence-electron chi connectivity index (χ4n) is 0.980. The second-order valence-electron chi connectivity index (χ2n) is 3.28. The molecule has 0 fully saturated rings. The molecule has 0 aliphatic carbocycles. The van der Waals surface area contributed by atoms with Crippen LogP contribution in [0.15, 0.2) is 0 Å². The van der Waals surface area contributed by atoms with Crippen molar-refractivity contribution in [3.63, 3.8) is 0 Å². The summed E-state index contributed by atoms with van der Waals surface area (Å²) in [5.74, 6) is -0.268. The molecule has 84 valence electrons. The van der Waals surface area contributed by atoms with Gasteiger partial charge in [0.2, 0.25) is 0 Å². The quantitative estimate of drug-likeness (QED) is 0.454. The highest BCUT2D eigenvalue weighted by atomic mass is 16.5. The smallest absolute Gasteiger partial charge is 0.305 e. The van der Waals surface area contributed by atoms with E-state index in [-0.39, 0.29) is 19.0 Å². The Morgan fingerprint density at radius 3 is 2.71 bits per heavy atom. The molecule has 4 nitrogen and oxygen atoms in total. The molecule has 0 heterocycles. The number of carbonyl (C=O) groups is 1. The van der Waals surface area contributed by atoms with E-state index in [2.05, 4.69) is 0 Å². The molecular formula is C10H20O4. The lowest BCUT2D eigenvalue weighted by Crippen LogP contribution is -2.13. The van der Waals surface area contributed by atoms with Crippen LogP contribution in [0.4, 0.5) is 0 Å². The van der Waals surface area contributed by atoms with E-state index in [1.54, 1.807) is 0 Å². The summed E-state index contributed by atoms with van der Waals surface area (Å²) >= 11 is 0. The normalized spacial score (nSPS) is 12.5. The van der Waals surface area contributed by atoms with E-state index in [4.69, 9.17) is 9.84 Å². The summed E-state index contributed by atoms with van der Waals surface area (Å²) in [6.45, 7) is 2.44. The van der Waals surface area contributed by atoms with Crippen LogP contribution in [0.1, 0.15) is 39.0 Å². The van der Waals surface area contributed by atoms with E-state index in [9.17, 15) is 9.90 Å². The van der Waals surface area contributed by atoms with Crippen LogP contribution in [-0.4, -0.2) is 35.5 Å². The third kappa shape index (κ3) is 8.01. The van der Waals surface area contributed by atoms with Gasteiger partial charge in [0.05, 0.1) is 12.7 Å². The maximum Gasteiger partial charge on any atom is 0.305 e. The number of rotatable bonds is 8. The minimum absolute atomic E-state index is 0.0496. The van der Waals surface area contributed by atoms with Crippen LogP contribution in [0, 0.1) is 0 Å². The van der Waals surface area contributed by atoms with Crippen LogP contribution < -0.4 is 0 Å².